The largest absolute Gasteiger partial charge is 0.350 e. The van der Waals surface area contributed by atoms with Gasteiger partial charge in [-0.15, -0.1) is 0 Å². The van der Waals surface area contributed by atoms with Gasteiger partial charge in [-0.25, -0.2) is 0 Å². The molecule has 0 fully saturated rings. The maximum atomic E-state index is 2.33. The lowest BCUT2D eigenvalue weighted by molar-refractivity contribution is -0.687. The van der Waals surface area contributed by atoms with E-state index in [-0.39, 0.29) is 0 Å². The lowest BCUT2D eigenvalue weighted by Gasteiger charge is -2.03. The highest BCUT2D eigenvalue weighted by Gasteiger charge is 1.99. The fourth-order valence-corrected chi connectivity index (χ4v) is 1.82. The molecule has 0 spiro atoms. The van der Waals surface area contributed by atoms with E-state index in [2.05, 4.69) is 66.5 Å². The van der Waals surface area contributed by atoms with Crippen molar-refractivity contribution in [1.82, 2.24) is 4.57 Å². The third-order valence-corrected chi connectivity index (χ3v) is 2.91. The number of aryl methyl sites for hydroxylation is 2. The van der Waals surface area contributed by atoms with E-state index in [0.29, 0.717) is 0 Å². The maximum absolute atomic E-state index is 2.33. The average Bonchev–Trinajstić information content (AvgIpc) is 2.68. The zero-order valence-corrected chi connectivity index (χ0v) is 9.98. The third kappa shape index (κ3) is 2.74. The molecule has 0 aliphatic carbocycles. The lowest BCUT2D eigenvalue weighted by Crippen LogP contribution is -2.81. The molecule has 16 heavy (non-hydrogen) atoms. The van der Waals surface area contributed by atoms with Crippen molar-refractivity contribution in [2.75, 3.05) is 0 Å². The Morgan fingerprint density at radius 1 is 1.06 bits per heavy atom. The molecule has 2 aromatic rings. The number of quaternary nitrogens is 1. The molecule has 0 saturated heterocycles. The zero-order valence-electron chi connectivity index (χ0n) is 9.98. The van der Waals surface area contributed by atoms with Gasteiger partial charge in [0, 0.05) is 18.8 Å². The maximum Gasteiger partial charge on any atom is 0.117 e. The number of benzene rings is 1. The van der Waals surface area contributed by atoms with Crippen LogP contribution in [0.25, 0.3) is 0 Å². The Morgan fingerprint density at radius 2 is 1.81 bits per heavy atom. The molecule has 0 saturated carbocycles. The molecule has 2 nitrogen and oxygen atoms in total. The van der Waals surface area contributed by atoms with Gasteiger partial charge in [-0.1, -0.05) is 29.8 Å². The Labute approximate surface area is 96.9 Å². The van der Waals surface area contributed by atoms with E-state index in [1.165, 1.54) is 16.8 Å². The predicted molar refractivity (Wildman–Crippen MR) is 65.9 cm³/mol. The number of aromatic nitrogens is 1. The molecule has 0 atom stereocenters. The van der Waals surface area contributed by atoms with Gasteiger partial charge >= 0.3 is 0 Å². The van der Waals surface area contributed by atoms with Crippen LogP contribution >= 0.6 is 0 Å². The number of rotatable bonds is 4. The molecule has 0 aliphatic rings. The van der Waals surface area contributed by atoms with Gasteiger partial charge in [0.15, 0.2) is 0 Å². The van der Waals surface area contributed by atoms with E-state index < -0.39 is 0 Å². The van der Waals surface area contributed by atoms with Crippen molar-refractivity contribution in [3.05, 3.63) is 59.4 Å². The van der Waals surface area contributed by atoms with Gasteiger partial charge in [0.05, 0.1) is 5.69 Å². The minimum absolute atomic E-state index is 1.04. The van der Waals surface area contributed by atoms with Crippen molar-refractivity contribution < 1.29 is 5.32 Å². The molecule has 0 bridgehead atoms. The highest BCUT2D eigenvalue weighted by molar-refractivity contribution is 5.20. The van der Waals surface area contributed by atoms with Gasteiger partial charge in [-0.3, -0.25) is 0 Å². The molecule has 1 heterocycles. The summed E-state index contributed by atoms with van der Waals surface area (Å²) in [6.07, 6.45) is 2.09. The molecule has 1 aromatic carbocycles. The molecular formula is C14H19N2+. The summed E-state index contributed by atoms with van der Waals surface area (Å²) >= 11 is 0. The summed E-state index contributed by atoms with van der Waals surface area (Å²) in [5, 5.41) is 2.33. The minimum Gasteiger partial charge on any atom is -0.350 e. The van der Waals surface area contributed by atoms with Gasteiger partial charge in [-0.05, 0) is 19.1 Å². The fraction of sp³-hybridized carbons (Fsp3) is 0.286. The van der Waals surface area contributed by atoms with E-state index in [1.54, 1.807) is 0 Å². The van der Waals surface area contributed by atoms with Crippen molar-refractivity contribution in [2.24, 2.45) is 7.05 Å². The first kappa shape index (κ1) is 11.0. The van der Waals surface area contributed by atoms with E-state index in [9.17, 15) is 0 Å². The third-order valence-electron chi connectivity index (χ3n) is 2.91. The van der Waals surface area contributed by atoms with Crippen LogP contribution in [-0.2, 0) is 20.1 Å². The highest BCUT2D eigenvalue weighted by atomic mass is 15.0. The first-order chi connectivity index (χ1) is 7.75. The van der Waals surface area contributed by atoms with E-state index in [4.69, 9.17) is 0 Å². The summed E-state index contributed by atoms with van der Waals surface area (Å²) in [6, 6.07) is 13.0. The molecule has 2 N–H and O–H groups in total. The standard InChI is InChI=1S/C14H18N2/c1-12-5-7-13(8-6-12)10-15-11-14-4-3-9-16(14)2/h3-9,15H,10-11H2,1-2H3/p+1. The number of hydrogen-bond acceptors (Lipinski definition) is 0. The van der Waals surface area contributed by atoms with Crippen LogP contribution in [0.2, 0.25) is 0 Å². The Balaban J connectivity index is 1.84. The topological polar surface area (TPSA) is 21.5 Å². The van der Waals surface area contributed by atoms with Crippen molar-refractivity contribution in [3.63, 3.8) is 0 Å². The monoisotopic (exact) mass is 215 g/mol. The number of nitrogens with zero attached hydrogens (tertiary/aromatic N) is 1. The normalized spacial score (nSPS) is 10.6. The Hall–Kier alpha value is -1.54. The Morgan fingerprint density at radius 3 is 2.44 bits per heavy atom. The second-order valence-corrected chi connectivity index (χ2v) is 4.29. The summed E-state index contributed by atoms with van der Waals surface area (Å²) in [5.74, 6) is 0. The van der Waals surface area contributed by atoms with Crippen LogP contribution in [0.3, 0.4) is 0 Å². The zero-order chi connectivity index (χ0) is 11.4. The van der Waals surface area contributed by atoms with Crippen molar-refractivity contribution in [2.45, 2.75) is 20.0 Å². The van der Waals surface area contributed by atoms with E-state index in [0.717, 1.165) is 13.1 Å². The first-order valence-electron chi connectivity index (χ1n) is 5.73. The molecule has 2 rings (SSSR count). The smallest absolute Gasteiger partial charge is 0.117 e. The van der Waals surface area contributed by atoms with Crippen LogP contribution in [0.15, 0.2) is 42.6 Å². The summed E-state index contributed by atoms with van der Waals surface area (Å²) in [7, 11) is 2.09. The molecule has 0 unspecified atom stereocenters. The Kier molecular flexibility index (Phi) is 3.42. The highest BCUT2D eigenvalue weighted by Crippen LogP contribution is 2.01. The van der Waals surface area contributed by atoms with Gasteiger partial charge in [0.1, 0.15) is 13.1 Å². The molecule has 0 aliphatic heterocycles. The molecular weight excluding hydrogens is 196 g/mol. The average molecular weight is 215 g/mol. The van der Waals surface area contributed by atoms with Crippen LogP contribution in [0.4, 0.5) is 0 Å². The van der Waals surface area contributed by atoms with Gasteiger partial charge < -0.3 is 9.88 Å². The van der Waals surface area contributed by atoms with Crippen LogP contribution in [0.1, 0.15) is 16.8 Å². The number of hydrogen-bond donors (Lipinski definition) is 1. The fourth-order valence-electron chi connectivity index (χ4n) is 1.82. The summed E-state index contributed by atoms with van der Waals surface area (Å²) < 4.78 is 2.17. The molecule has 2 heteroatoms. The quantitative estimate of drug-likeness (QED) is 0.800. The van der Waals surface area contributed by atoms with Crippen LogP contribution in [0, 0.1) is 6.92 Å². The van der Waals surface area contributed by atoms with Gasteiger partial charge in [-0.2, -0.15) is 0 Å². The van der Waals surface area contributed by atoms with Gasteiger partial charge in [0.2, 0.25) is 0 Å². The summed E-state index contributed by atoms with van der Waals surface area (Å²) in [6.45, 7) is 4.21. The SMILES string of the molecule is Cc1ccc(C[NH2+]Cc2cccn2C)cc1. The minimum atomic E-state index is 1.04. The molecule has 0 radical (unpaired) electrons. The number of nitrogens with two attached hydrogens (primary N) is 1. The van der Waals surface area contributed by atoms with Crippen molar-refractivity contribution in [3.8, 4) is 0 Å². The second kappa shape index (κ2) is 4.99. The van der Waals surface area contributed by atoms with Gasteiger partial charge in [0.25, 0.3) is 0 Å². The molecule has 84 valence electrons. The predicted octanol–water partition coefficient (Wildman–Crippen LogP) is 1.60. The van der Waals surface area contributed by atoms with E-state index >= 15 is 0 Å². The van der Waals surface area contributed by atoms with E-state index in [1.807, 2.05) is 0 Å². The summed E-state index contributed by atoms with van der Waals surface area (Å²) in [5.41, 5.74) is 4.08. The molecule has 0 amide bonds. The van der Waals surface area contributed by atoms with Crippen molar-refractivity contribution >= 4 is 0 Å². The summed E-state index contributed by atoms with van der Waals surface area (Å²) in [4.78, 5) is 0. The second-order valence-electron chi connectivity index (χ2n) is 4.29. The lowest BCUT2D eigenvalue weighted by atomic mass is 10.1. The van der Waals surface area contributed by atoms with Crippen LogP contribution in [-0.4, -0.2) is 4.57 Å². The Bertz CT molecular complexity index is 440. The van der Waals surface area contributed by atoms with Crippen LogP contribution < -0.4 is 5.32 Å². The molecule has 1 aromatic heterocycles. The van der Waals surface area contributed by atoms with Crippen LogP contribution in [0.5, 0.6) is 0 Å². The van der Waals surface area contributed by atoms with Crippen molar-refractivity contribution in [1.29, 1.82) is 0 Å². The first-order valence-corrected chi connectivity index (χ1v) is 5.73.